The van der Waals surface area contributed by atoms with Gasteiger partial charge in [0.2, 0.25) is 0 Å². The van der Waals surface area contributed by atoms with Crippen LogP contribution in [0.4, 0.5) is 0 Å². The molecule has 0 bridgehead atoms. The van der Waals surface area contributed by atoms with Crippen molar-refractivity contribution in [2.75, 3.05) is 26.7 Å². The number of benzene rings is 6. The molecule has 198 valence electrons. The predicted octanol–water partition coefficient (Wildman–Crippen LogP) is 9.49. The first-order chi connectivity index (χ1) is 19.1. The van der Waals surface area contributed by atoms with Crippen LogP contribution >= 0.6 is 14.3 Å². The van der Waals surface area contributed by atoms with Crippen LogP contribution in [0.25, 0.3) is 54.9 Å². The molecule has 0 N–H and O–H groups in total. The molecule has 0 unspecified atom stereocenters. The molecular formula is C36H32O2P2. The Balaban J connectivity index is 1.55. The fourth-order valence-corrected chi connectivity index (χ4v) is 7.38. The van der Waals surface area contributed by atoms with E-state index in [2.05, 4.69) is 97.1 Å². The molecule has 0 amide bonds. The third-order valence-corrected chi connectivity index (χ3v) is 10.7. The quantitative estimate of drug-likeness (QED) is 0.198. The molecule has 0 aliphatic carbocycles. The lowest BCUT2D eigenvalue weighted by molar-refractivity contribution is 0.587. The zero-order valence-corrected chi connectivity index (χ0v) is 25.0. The van der Waals surface area contributed by atoms with Gasteiger partial charge in [-0.2, -0.15) is 0 Å². The monoisotopic (exact) mass is 558 g/mol. The number of hydrogen-bond donors (Lipinski definition) is 0. The summed E-state index contributed by atoms with van der Waals surface area (Å²) in [5.74, 6) is 0. The van der Waals surface area contributed by atoms with E-state index in [-0.39, 0.29) is 0 Å². The molecular weight excluding hydrogens is 526 g/mol. The highest BCUT2D eigenvalue weighted by Crippen LogP contribution is 2.42. The van der Waals surface area contributed by atoms with Gasteiger partial charge in [-0.05, 0) is 93.7 Å². The van der Waals surface area contributed by atoms with E-state index in [4.69, 9.17) is 0 Å². The topological polar surface area (TPSA) is 34.1 Å². The van der Waals surface area contributed by atoms with Crippen molar-refractivity contribution in [2.45, 2.75) is 0 Å². The molecule has 6 aromatic carbocycles. The molecule has 0 aliphatic heterocycles. The molecule has 0 radical (unpaired) electrons. The Morgan fingerprint density at radius 2 is 0.700 bits per heavy atom. The highest BCUT2D eigenvalue weighted by molar-refractivity contribution is 7.70. The lowest BCUT2D eigenvalue weighted by Crippen LogP contribution is -2.02. The summed E-state index contributed by atoms with van der Waals surface area (Å²) < 4.78 is 25.6. The number of rotatable bonds is 5. The van der Waals surface area contributed by atoms with E-state index in [1.807, 2.05) is 50.9 Å². The average Bonchev–Trinajstić information content (AvgIpc) is 2.95. The van der Waals surface area contributed by atoms with Gasteiger partial charge in [-0.3, -0.25) is 0 Å². The van der Waals surface area contributed by atoms with E-state index >= 15 is 0 Å². The molecule has 6 aromatic rings. The standard InChI is InChI=1S/C36H32O2P2/c1-39(2,37)27-13-9-11-25(23-27)29-19-21-35(33-17-7-5-15-31(29)33)36-22-20-30(32-16-6-8-18-34(32)36)26-12-10-14-28(24-26)40(3,4)38/h5-24H,1-4H3. The molecule has 0 saturated heterocycles. The molecule has 40 heavy (non-hydrogen) atoms. The van der Waals surface area contributed by atoms with E-state index in [0.717, 1.165) is 32.9 Å². The van der Waals surface area contributed by atoms with E-state index in [9.17, 15) is 9.13 Å². The van der Waals surface area contributed by atoms with Crippen LogP contribution in [0.15, 0.2) is 121 Å². The Morgan fingerprint density at radius 3 is 1.05 bits per heavy atom. The summed E-state index contributed by atoms with van der Waals surface area (Å²) in [6, 6.07) is 42.2. The van der Waals surface area contributed by atoms with Crippen molar-refractivity contribution >= 4 is 46.4 Å². The molecule has 0 heterocycles. The summed E-state index contributed by atoms with van der Waals surface area (Å²) in [7, 11) is -4.74. The third kappa shape index (κ3) is 4.88. The Kier molecular flexibility index (Phi) is 6.66. The average molecular weight is 559 g/mol. The Labute approximate surface area is 236 Å². The summed E-state index contributed by atoms with van der Waals surface area (Å²) in [6.45, 7) is 7.28. The molecule has 4 heteroatoms. The van der Waals surface area contributed by atoms with Gasteiger partial charge in [-0.25, -0.2) is 0 Å². The fraction of sp³-hybridized carbons (Fsp3) is 0.111. The maximum absolute atomic E-state index is 12.8. The van der Waals surface area contributed by atoms with Crippen LogP contribution in [-0.2, 0) is 9.13 Å². The van der Waals surface area contributed by atoms with E-state index in [1.54, 1.807) is 0 Å². The van der Waals surface area contributed by atoms with Gasteiger partial charge < -0.3 is 9.13 Å². The first-order valence-electron chi connectivity index (χ1n) is 13.5. The summed E-state index contributed by atoms with van der Waals surface area (Å²) in [6.07, 6.45) is 0. The highest BCUT2D eigenvalue weighted by atomic mass is 31.2. The number of hydrogen-bond acceptors (Lipinski definition) is 2. The zero-order valence-electron chi connectivity index (χ0n) is 23.3. The molecule has 6 rings (SSSR count). The van der Waals surface area contributed by atoms with Crippen LogP contribution in [0.2, 0.25) is 0 Å². The summed E-state index contributed by atoms with van der Waals surface area (Å²) in [5.41, 5.74) is 6.78. The first-order valence-corrected chi connectivity index (χ1v) is 18.7. The van der Waals surface area contributed by atoms with Crippen molar-refractivity contribution in [3.63, 3.8) is 0 Å². The molecule has 0 spiro atoms. The highest BCUT2D eigenvalue weighted by Gasteiger charge is 2.17. The minimum Gasteiger partial charge on any atom is -0.319 e. The molecule has 0 fully saturated rings. The Bertz CT molecular complexity index is 1860. The fourth-order valence-electron chi connectivity index (χ4n) is 5.59. The SMILES string of the molecule is CP(C)(=O)c1cccc(-c2ccc(-c3ccc(-c4cccc(P(C)(C)=O)c4)c4ccccc34)c3ccccc23)c1. The number of fused-ring (bicyclic) bond motifs is 2. The molecule has 0 saturated carbocycles. The van der Waals surface area contributed by atoms with Crippen molar-refractivity contribution in [2.24, 2.45) is 0 Å². The van der Waals surface area contributed by atoms with Gasteiger partial charge in [0.15, 0.2) is 0 Å². The lowest BCUT2D eigenvalue weighted by Gasteiger charge is -2.17. The third-order valence-electron chi connectivity index (χ3n) is 7.70. The lowest BCUT2D eigenvalue weighted by atomic mass is 9.88. The Morgan fingerprint density at radius 1 is 0.375 bits per heavy atom. The van der Waals surface area contributed by atoms with Crippen molar-refractivity contribution in [3.8, 4) is 33.4 Å². The Hall–Kier alpha value is -3.70. The second kappa shape index (κ2) is 10.0. The minimum atomic E-state index is -2.37. The predicted molar refractivity (Wildman–Crippen MR) is 176 cm³/mol. The van der Waals surface area contributed by atoms with Crippen LogP contribution < -0.4 is 10.6 Å². The van der Waals surface area contributed by atoms with Crippen molar-refractivity contribution < 1.29 is 9.13 Å². The maximum atomic E-state index is 12.8. The van der Waals surface area contributed by atoms with Crippen LogP contribution in [-0.4, -0.2) is 26.7 Å². The summed E-state index contributed by atoms with van der Waals surface area (Å²) >= 11 is 0. The van der Waals surface area contributed by atoms with Crippen LogP contribution in [0.3, 0.4) is 0 Å². The van der Waals surface area contributed by atoms with Crippen LogP contribution in [0.5, 0.6) is 0 Å². The molecule has 0 aliphatic rings. The summed E-state index contributed by atoms with van der Waals surface area (Å²) in [4.78, 5) is 0. The smallest absolute Gasteiger partial charge is 0.109 e. The van der Waals surface area contributed by atoms with E-state index < -0.39 is 14.3 Å². The largest absolute Gasteiger partial charge is 0.319 e. The molecule has 0 aromatic heterocycles. The van der Waals surface area contributed by atoms with Gasteiger partial charge in [-0.1, -0.05) is 109 Å². The summed E-state index contributed by atoms with van der Waals surface area (Å²) in [5, 5.41) is 6.49. The second-order valence-corrected chi connectivity index (χ2v) is 17.7. The van der Waals surface area contributed by atoms with Crippen molar-refractivity contribution in [1.29, 1.82) is 0 Å². The normalized spacial score (nSPS) is 12.2. The molecule has 2 nitrogen and oxygen atoms in total. The minimum absolute atomic E-state index is 0.895. The van der Waals surface area contributed by atoms with Gasteiger partial charge in [0, 0.05) is 10.6 Å². The van der Waals surface area contributed by atoms with Gasteiger partial charge in [0.1, 0.15) is 14.3 Å². The van der Waals surface area contributed by atoms with E-state index in [0.29, 0.717) is 0 Å². The van der Waals surface area contributed by atoms with Gasteiger partial charge in [0.05, 0.1) is 0 Å². The maximum Gasteiger partial charge on any atom is 0.109 e. The van der Waals surface area contributed by atoms with Crippen LogP contribution in [0.1, 0.15) is 0 Å². The molecule has 0 atom stereocenters. The van der Waals surface area contributed by atoms with Crippen molar-refractivity contribution in [3.05, 3.63) is 121 Å². The van der Waals surface area contributed by atoms with Gasteiger partial charge >= 0.3 is 0 Å². The van der Waals surface area contributed by atoms with Crippen molar-refractivity contribution in [1.82, 2.24) is 0 Å². The van der Waals surface area contributed by atoms with Crippen LogP contribution in [0, 0.1) is 0 Å². The second-order valence-electron chi connectivity index (χ2n) is 11.2. The van der Waals surface area contributed by atoms with Gasteiger partial charge in [-0.15, -0.1) is 0 Å². The first kappa shape index (κ1) is 26.5. The van der Waals surface area contributed by atoms with E-state index in [1.165, 1.54) is 32.7 Å². The van der Waals surface area contributed by atoms with Gasteiger partial charge in [0.25, 0.3) is 0 Å². The zero-order chi connectivity index (χ0) is 28.1.